The first-order chi connectivity index (χ1) is 9.15. The molecule has 2 rings (SSSR count). The van der Waals surface area contributed by atoms with E-state index in [1.807, 2.05) is 24.3 Å². The second-order valence-corrected chi connectivity index (χ2v) is 7.84. The Hall–Kier alpha value is -0.870. The molecular formula is C16H23BrN2O. The lowest BCUT2D eigenvalue weighted by atomic mass is 9.48. The van der Waals surface area contributed by atoms with E-state index in [2.05, 4.69) is 48.9 Å². The molecule has 1 aliphatic rings. The zero-order chi connectivity index (χ0) is 15.1. The predicted molar refractivity (Wildman–Crippen MR) is 85.3 cm³/mol. The van der Waals surface area contributed by atoms with E-state index in [-0.39, 0.29) is 28.8 Å². The van der Waals surface area contributed by atoms with Gasteiger partial charge in [-0.3, -0.25) is 4.79 Å². The summed E-state index contributed by atoms with van der Waals surface area (Å²) in [6.45, 7) is 8.47. The van der Waals surface area contributed by atoms with Crippen LogP contribution in [0.5, 0.6) is 0 Å². The first-order valence-corrected chi connectivity index (χ1v) is 7.74. The molecule has 1 amide bonds. The summed E-state index contributed by atoms with van der Waals surface area (Å²) in [6.07, 6.45) is 0.400. The molecule has 20 heavy (non-hydrogen) atoms. The van der Waals surface area contributed by atoms with Gasteiger partial charge in [-0.05, 0) is 17.7 Å². The topological polar surface area (TPSA) is 55.1 Å². The number of rotatable bonds is 3. The van der Waals surface area contributed by atoms with Gasteiger partial charge in [0.25, 0.3) is 0 Å². The Labute approximate surface area is 129 Å². The number of hydrogen-bond donors (Lipinski definition) is 2. The van der Waals surface area contributed by atoms with E-state index in [1.54, 1.807) is 0 Å². The van der Waals surface area contributed by atoms with Crippen LogP contribution in [0.15, 0.2) is 28.7 Å². The van der Waals surface area contributed by atoms with Crippen molar-refractivity contribution in [3.8, 4) is 0 Å². The normalized spacial score (nSPS) is 26.7. The third-order valence-corrected chi connectivity index (χ3v) is 5.14. The second-order valence-electron chi connectivity index (χ2n) is 6.93. The summed E-state index contributed by atoms with van der Waals surface area (Å²) in [5.74, 6) is 0.0566. The average Bonchev–Trinajstić information content (AvgIpc) is 2.34. The fourth-order valence-electron chi connectivity index (χ4n) is 3.60. The van der Waals surface area contributed by atoms with Gasteiger partial charge in [0.1, 0.15) is 0 Å². The van der Waals surface area contributed by atoms with Crippen molar-refractivity contribution >= 4 is 21.8 Å². The van der Waals surface area contributed by atoms with Crippen molar-refractivity contribution in [1.82, 2.24) is 5.32 Å². The van der Waals surface area contributed by atoms with Gasteiger partial charge in [0, 0.05) is 27.4 Å². The molecule has 0 aromatic heterocycles. The highest BCUT2D eigenvalue weighted by Gasteiger charge is 2.60. The average molecular weight is 339 g/mol. The number of carbonyl (C=O) groups is 1. The van der Waals surface area contributed by atoms with Crippen LogP contribution in [-0.2, 0) is 11.2 Å². The van der Waals surface area contributed by atoms with Crippen molar-refractivity contribution in [3.63, 3.8) is 0 Å². The Morgan fingerprint density at radius 2 is 1.90 bits per heavy atom. The van der Waals surface area contributed by atoms with E-state index >= 15 is 0 Å². The van der Waals surface area contributed by atoms with Gasteiger partial charge >= 0.3 is 0 Å². The fraction of sp³-hybridized carbons (Fsp3) is 0.562. The van der Waals surface area contributed by atoms with Crippen LogP contribution >= 0.6 is 15.9 Å². The highest BCUT2D eigenvalue weighted by molar-refractivity contribution is 9.10. The van der Waals surface area contributed by atoms with Gasteiger partial charge in [-0.2, -0.15) is 0 Å². The lowest BCUT2D eigenvalue weighted by molar-refractivity contribution is -0.131. The third-order valence-electron chi connectivity index (χ3n) is 4.65. The molecule has 1 aromatic carbocycles. The summed E-state index contributed by atoms with van der Waals surface area (Å²) in [4.78, 5) is 12.2. The maximum atomic E-state index is 12.2. The smallest absolute Gasteiger partial charge is 0.224 e. The number of benzene rings is 1. The van der Waals surface area contributed by atoms with Crippen LogP contribution in [0.25, 0.3) is 0 Å². The van der Waals surface area contributed by atoms with Gasteiger partial charge in [-0.1, -0.05) is 55.8 Å². The second kappa shape index (κ2) is 5.15. The Kier molecular flexibility index (Phi) is 4.00. The molecular weight excluding hydrogens is 316 g/mol. The minimum Gasteiger partial charge on any atom is -0.352 e. The summed E-state index contributed by atoms with van der Waals surface area (Å²) in [6, 6.07) is 8.06. The summed E-state index contributed by atoms with van der Waals surface area (Å²) in [5, 5.41) is 3.16. The van der Waals surface area contributed by atoms with Crippen molar-refractivity contribution in [3.05, 3.63) is 34.3 Å². The van der Waals surface area contributed by atoms with Gasteiger partial charge in [-0.25, -0.2) is 0 Å². The van der Waals surface area contributed by atoms with Gasteiger partial charge in [0.05, 0.1) is 6.42 Å². The summed E-state index contributed by atoms with van der Waals surface area (Å²) >= 11 is 3.42. The van der Waals surface area contributed by atoms with E-state index in [9.17, 15) is 4.79 Å². The van der Waals surface area contributed by atoms with Crippen LogP contribution in [0.1, 0.15) is 33.3 Å². The lowest BCUT2D eigenvalue weighted by Crippen LogP contribution is -2.76. The fourth-order valence-corrected chi connectivity index (χ4v) is 4.04. The van der Waals surface area contributed by atoms with E-state index in [1.165, 1.54) is 0 Å². The summed E-state index contributed by atoms with van der Waals surface area (Å²) in [7, 11) is 0. The molecule has 0 spiro atoms. The summed E-state index contributed by atoms with van der Waals surface area (Å²) in [5.41, 5.74) is 7.11. The van der Waals surface area contributed by atoms with Gasteiger partial charge in [0.15, 0.2) is 0 Å². The number of nitrogens with one attached hydrogen (secondary N) is 1. The first kappa shape index (κ1) is 15.5. The molecule has 0 unspecified atom stereocenters. The molecule has 0 atom stereocenters. The van der Waals surface area contributed by atoms with Crippen LogP contribution in [0.3, 0.4) is 0 Å². The maximum Gasteiger partial charge on any atom is 0.224 e. The van der Waals surface area contributed by atoms with Crippen molar-refractivity contribution in [2.75, 3.05) is 0 Å². The van der Waals surface area contributed by atoms with Gasteiger partial charge in [0.2, 0.25) is 5.91 Å². The third kappa shape index (κ3) is 2.63. The van der Waals surface area contributed by atoms with Crippen LogP contribution in [-0.4, -0.2) is 18.0 Å². The highest BCUT2D eigenvalue weighted by atomic mass is 79.9. The van der Waals surface area contributed by atoms with E-state index < -0.39 is 0 Å². The van der Waals surface area contributed by atoms with Crippen LogP contribution in [0, 0.1) is 10.8 Å². The quantitative estimate of drug-likeness (QED) is 0.890. The molecule has 3 nitrogen and oxygen atoms in total. The Bertz CT molecular complexity index is 509. The molecule has 1 saturated carbocycles. The molecule has 110 valence electrons. The van der Waals surface area contributed by atoms with Crippen LogP contribution < -0.4 is 11.1 Å². The molecule has 1 aliphatic carbocycles. The molecule has 0 aliphatic heterocycles. The molecule has 1 fully saturated rings. The minimum absolute atomic E-state index is 0.0566. The number of halogens is 1. The first-order valence-electron chi connectivity index (χ1n) is 6.95. The molecule has 0 heterocycles. The Balaban J connectivity index is 2.02. The van der Waals surface area contributed by atoms with Crippen molar-refractivity contribution in [2.45, 2.75) is 46.2 Å². The SMILES string of the molecule is CC1(C)C(N)C(C)(C)C1NC(=O)Cc1cccc(Br)c1. The van der Waals surface area contributed by atoms with Crippen molar-refractivity contribution in [2.24, 2.45) is 16.6 Å². The van der Waals surface area contributed by atoms with Gasteiger partial charge in [-0.15, -0.1) is 0 Å². The number of amides is 1. The standard InChI is InChI=1S/C16H23BrN2O/c1-15(2)13(18)16(3,4)14(15)19-12(20)9-10-6-5-7-11(17)8-10/h5-8,13-14H,9,18H2,1-4H3,(H,19,20). The maximum absolute atomic E-state index is 12.2. The Morgan fingerprint density at radius 3 is 2.45 bits per heavy atom. The highest BCUT2D eigenvalue weighted by Crippen LogP contribution is 2.52. The van der Waals surface area contributed by atoms with E-state index in [0.717, 1.165) is 10.0 Å². The van der Waals surface area contributed by atoms with Crippen LogP contribution in [0.2, 0.25) is 0 Å². The molecule has 1 aromatic rings. The zero-order valence-corrected chi connectivity index (χ0v) is 14.1. The minimum atomic E-state index is -0.0591. The van der Waals surface area contributed by atoms with E-state index in [0.29, 0.717) is 6.42 Å². The molecule has 0 saturated heterocycles. The van der Waals surface area contributed by atoms with E-state index in [4.69, 9.17) is 5.73 Å². The van der Waals surface area contributed by atoms with Crippen molar-refractivity contribution in [1.29, 1.82) is 0 Å². The Morgan fingerprint density at radius 1 is 1.30 bits per heavy atom. The number of carbonyl (C=O) groups excluding carboxylic acids is 1. The lowest BCUT2D eigenvalue weighted by Gasteiger charge is -2.62. The molecule has 4 heteroatoms. The largest absolute Gasteiger partial charge is 0.352 e. The monoisotopic (exact) mass is 338 g/mol. The molecule has 0 radical (unpaired) electrons. The molecule has 3 N–H and O–H groups in total. The van der Waals surface area contributed by atoms with Crippen molar-refractivity contribution < 1.29 is 4.79 Å². The van der Waals surface area contributed by atoms with Crippen LogP contribution in [0.4, 0.5) is 0 Å². The van der Waals surface area contributed by atoms with Gasteiger partial charge < -0.3 is 11.1 Å². The summed E-state index contributed by atoms with van der Waals surface area (Å²) < 4.78 is 0.995. The molecule has 0 bridgehead atoms. The number of hydrogen-bond acceptors (Lipinski definition) is 2. The number of nitrogens with two attached hydrogens (primary N) is 1. The predicted octanol–water partition coefficient (Wildman–Crippen LogP) is 2.87. The zero-order valence-electron chi connectivity index (χ0n) is 12.5.